The molecule has 3 amide bonds. The topological polar surface area (TPSA) is 128 Å². The van der Waals surface area contributed by atoms with Gasteiger partial charge in [0.1, 0.15) is 11.9 Å². The highest BCUT2D eigenvalue weighted by molar-refractivity contribution is 7.88. The van der Waals surface area contributed by atoms with Gasteiger partial charge in [-0.2, -0.15) is 0 Å². The summed E-state index contributed by atoms with van der Waals surface area (Å²) < 4.78 is 31.4. The van der Waals surface area contributed by atoms with Gasteiger partial charge in [0, 0.05) is 31.2 Å². The normalized spacial score (nSPS) is 22.6. The van der Waals surface area contributed by atoms with E-state index in [0.29, 0.717) is 11.4 Å². The molecule has 3 rings (SSSR count). The van der Waals surface area contributed by atoms with Gasteiger partial charge in [-0.3, -0.25) is 4.79 Å². The van der Waals surface area contributed by atoms with Crippen LogP contribution in [0.2, 0.25) is 0 Å². The van der Waals surface area contributed by atoms with E-state index in [-0.39, 0.29) is 49.2 Å². The van der Waals surface area contributed by atoms with Crippen molar-refractivity contribution in [2.45, 2.75) is 64.1 Å². The second-order valence-electron chi connectivity index (χ2n) is 9.81. The lowest BCUT2D eigenvalue weighted by atomic mass is 9.96. The van der Waals surface area contributed by atoms with E-state index in [1.165, 1.54) is 17.8 Å². The average molecular weight is 511 g/mol. The Morgan fingerprint density at radius 2 is 1.97 bits per heavy atom. The fourth-order valence-corrected chi connectivity index (χ4v) is 4.92. The highest BCUT2D eigenvalue weighted by atomic mass is 32.2. The maximum Gasteiger partial charge on any atom is 0.319 e. The van der Waals surface area contributed by atoms with Crippen LogP contribution in [0.1, 0.15) is 56.3 Å². The van der Waals surface area contributed by atoms with E-state index in [2.05, 4.69) is 10.6 Å². The van der Waals surface area contributed by atoms with Crippen LogP contribution in [-0.2, 0) is 10.0 Å². The Bertz CT molecular complexity index is 1010. The second kappa shape index (κ2) is 11.6. The van der Waals surface area contributed by atoms with Crippen LogP contribution in [-0.4, -0.2) is 85.9 Å². The number of ether oxygens (including phenoxy) is 1. The molecule has 35 heavy (non-hydrogen) atoms. The van der Waals surface area contributed by atoms with Gasteiger partial charge in [0.25, 0.3) is 5.91 Å². The van der Waals surface area contributed by atoms with Gasteiger partial charge < -0.3 is 25.4 Å². The number of hydrogen-bond acceptors (Lipinski definition) is 6. The quantitative estimate of drug-likeness (QED) is 0.516. The molecule has 1 fully saturated rings. The maximum absolute atomic E-state index is 13.5. The molecule has 3 N–H and O–H groups in total. The number of sulfonamides is 1. The van der Waals surface area contributed by atoms with E-state index in [4.69, 9.17) is 4.74 Å². The molecule has 10 nitrogen and oxygen atoms in total. The number of fused-ring (bicyclic) bond motifs is 1. The standard InChI is InChI=1S/C24H38N4O6S/c1-16-13-28(17(2)15-29)23(30)20-12-19(26-24(31)25-18-8-6-5-7-9-18)10-11-21(20)34-22(16)14-27(3)35(4,32)33/h10-12,16-18,22,29H,5-9,13-15H2,1-4H3,(H2,25,26,31)/t16-,17-,22+/m0/s1. The summed E-state index contributed by atoms with van der Waals surface area (Å²) in [5, 5.41) is 15.6. The monoisotopic (exact) mass is 510 g/mol. The van der Waals surface area contributed by atoms with Crippen molar-refractivity contribution in [3.63, 3.8) is 0 Å². The van der Waals surface area contributed by atoms with Crippen LogP contribution in [0.5, 0.6) is 5.75 Å². The second-order valence-corrected chi connectivity index (χ2v) is 11.9. The van der Waals surface area contributed by atoms with Gasteiger partial charge in [-0.1, -0.05) is 26.2 Å². The first-order chi connectivity index (χ1) is 16.5. The first-order valence-electron chi connectivity index (χ1n) is 12.2. The van der Waals surface area contributed by atoms with Crippen molar-refractivity contribution in [3.8, 4) is 5.75 Å². The molecule has 0 unspecified atom stereocenters. The van der Waals surface area contributed by atoms with Crippen LogP contribution in [0.15, 0.2) is 18.2 Å². The number of aliphatic hydroxyl groups is 1. The largest absolute Gasteiger partial charge is 0.488 e. The molecule has 0 aromatic heterocycles. The molecule has 1 aliphatic carbocycles. The van der Waals surface area contributed by atoms with E-state index in [1.54, 1.807) is 30.0 Å². The number of anilines is 1. The zero-order valence-electron chi connectivity index (χ0n) is 21.0. The number of rotatable bonds is 7. The summed E-state index contributed by atoms with van der Waals surface area (Å²) >= 11 is 0. The number of carbonyl (C=O) groups is 2. The molecule has 0 bridgehead atoms. The first-order valence-corrected chi connectivity index (χ1v) is 14.1. The number of hydrogen-bond donors (Lipinski definition) is 3. The lowest BCUT2D eigenvalue weighted by molar-refractivity contribution is 0.0387. The minimum absolute atomic E-state index is 0.110. The van der Waals surface area contributed by atoms with Crippen LogP contribution < -0.4 is 15.4 Å². The van der Waals surface area contributed by atoms with Gasteiger partial charge in [-0.15, -0.1) is 0 Å². The highest BCUT2D eigenvalue weighted by Crippen LogP contribution is 2.31. The Labute approximate surface area is 208 Å². The highest BCUT2D eigenvalue weighted by Gasteiger charge is 2.34. The predicted molar refractivity (Wildman–Crippen MR) is 134 cm³/mol. The van der Waals surface area contributed by atoms with Gasteiger partial charge >= 0.3 is 6.03 Å². The third-order valence-corrected chi connectivity index (χ3v) is 8.15. The van der Waals surface area contributed by atoms with Crippen molar-refractivity contribution in [2.24, 2.45) is 5.92 Å². The molecule has 0 radical (unpaired) electrons. The van der Waals surface area contributed by atoms with Crippen LogP contribution in [0.4, 0.5) is 10.5 Å². The fraction of sp³-hybridized carbons (Fsp3) is 0.667. The van der Waals surface area contributed by atoms with Gasteiger partial charge in [0.05, 0.1) is 31.0 Å². The first kappa shape index (κ1) is 27.2. The van der Waals surface area contributed by atoms with E-state index >= 15 is 0 Å². The van der Waals surface area contributed by atoms with Gasteiger partial charge in [-0.05, 0) is 38.0 Å². The summed E-state index contributed by atoms with van der Waals surface area (Å²) in [5.41, 5.74) is 0.698. The average Bonchev–Trinajstić information content (AvgIpc) is 2.81. The Hall–Kier alpha value is -2.37. The molecule has 1 saturated carbocycles. The number of urea groups is 1. The summed E-state index contributed by atoms with van der Waals surface area (Å²) in [6.45, 7) is 3.82. The van der Waals surface area contributed by atoms with Crippen molar-refractivity contribution in [1.29, 1.82) is 0 Å². The maximum atomic E-state index is 13.5. The fourth-order valence-electron chi connectivity index (χ4n) is 4.51. The van der Waals surface area contributed by atoms with Crippen molar-refractivity contribution in [2.75, 3.05) is 38.3 Å². The molecule has 1 aliphatic heterocycles. The van der Waals surface area contributed by atoms with E-state index in [1.807, 2.05) is 6.92 Å². The molecule has 1 aromatic rings. The van der Waals surface area contributed by atoms with Crippen LogP contribution in [0, 0.1) is 5.92 Å². The van der Waals surface area contributed by atoms with Crippen LogP contribution >= 0.6 is 0 Å². The molecule has 1 heterocycles. The molecular weight excluding hydrogens is 472 g/mol. The number of benzene rings is 1. The summed E-state index contributed by atoms with van der Waals surface area (Å²) in [7, 11) is -1.94. The van der Waals surface area contributed by atoms with Crippen molar-refractivity contribution in [3.05, 3.63) is 23.8 Å². The molecular formula is C24H38N4O6S. The van der Waals surface area contributed by atoms with Crippen molar-refractivity contribution < 1.29 is 27.9 Å². The van der Waals surface area contributed by atoms with Crippen LogP contribution in [0.3, 0.4) is 0 Å². The third-order valence-electron chi connectivity index (χ3n) is 6.87. The molecule has 1 aromatic carbocycles. The number of amides is 3. The van der Waals surface area contributed by atoms with Gasteiger partial charge in [-0.25, -0.2) is 17.5 Å². The van der Waals surface area contributed by atoms with E-state index in [0.717, 1.165) is 31.9 Å². The molecule has 11 heteroatoms. The lowest BCUT2D eigenvalue weighted by Gasteiger charge is -2.38. The number of aliphatic hydroxyl groups excluding tert-OH is 1. The SMILES string of the molecule is C[C@H]1CN([C@@H](C)CO)C(=O)c2cc(NC(=O)NC3CCCCC3)ccc2O[C@@H]1CN(C)S(C)(=O)=O. The summed E-state index contributed by atoms with van der Waals surface area (Å²) in [4.78, 5) is 27.6. The Kier molecular flexibility index (Phi) is 9.00. The van der Waals surface area contributed by atoms with Gasteiger partial charge in [0.15, 0.2) is 0 Å². The minimum atomic E-state index is -3.42. The predicted octanol–water partition coefficient (Wildman–Crippen LogP) is 2.25. The number of nitrogens with zero attached hydrogens (tertiary/aromatic N) is 2. The minimum Gasteiger partial charge on any atom is -0.488 e. The Morgan fingerprint density at radius 3 is 2.60 bits per heavy atom. The number of carbonyl (C=O) groups excluding carboxylic acids is 2. The van der Waals surface area contributed by atoms with E-state index < -0.39 is 22.2 Å². The summed E-state index contributed by atoms with van der Waals surface area (Å²) in [6, 6.07) is 4.23. The van der Waals surface area contributed by atoms with E-state index in [9.17, 15) is 23.1 Å². The third kappa shape index (κ3) is 7.08. The Balaban J connectivity index is 1.87. The molecule has 2 aliphatic rings. The summed E-state index contributed by atoms with van der Waals surface area (Å²) in [6.07, 6.45) is 5.91. The summed E-state index contributed by atoms with van der Waals surface area (Å²) in [5.74, 6) is -0.217. The Morgan fingerprint density at radius 1 is 1.29 bits per heavy atom. The molecule has 3 atom stereocenters. The lowest BCUT2D eigenvalue weighted by Crippen LogP contribution is -2.50. The number of likely N-dealkylation sites (N-methyl/N-ethyl adjacent to an activating group) is 1. The molecule has 0 saturated heterocycles. The smallest absolute Gasteiger partial charge is 0.319 e. The van der Waals surface area contributed by atoms with Crippen molar-refractivity contribution in [1.82, 2.24) is 14.5 Å². The van der Waals surface area contributed by atoms with Crippen molar-refractivity contribution >= 4 is 27.6 Å². The van der Waals surface area contributed by atoms with Gasteiger partial charge in [0.2, 0.25) is 10.0 Å². The molecule has 196 valence electrons. The van der Waals surface area contributed by atoms with Crippen LogP contribution in [0.25, 0.3) is 0 Å². The number of nitrogens with one attached hydrogen (secondary N) is 2. The zero-order chi connectivity index (χ0) is 25.8. The zero-order valence-corrected chi connectivity index (χ0v) is 21.8. The molecule has 0 spiro atoms.